The van der Waals surface area contributed by atoms with Gasteiger partial charge in [0.25, 0.3) is 0 Å². The highest BCUT2D eigenvalue weighted by molar-refractivity contribution is 5.68. The van der Waals surface area contributed by atoms with Crippen molar-refractivity contribution in [3.63, 3.8) is 0 Å². The first-order valence-electron chi connectivity index (χ1n) is 6.53. The second kappa shape index (κ2) is 6.07. The number of carbonyl (C=O) groups excluding carboxylic acids is 1. The average Bonchev–Trinajstić information content (AvgIpc) is 2.27. The van der Waals surface area contributed by atoms with E-state index < -0.39 is 5.60 Å². The Bertz CT molecular complexity index is 302. The molecule has 1 amide bonds. The van der Waals surface area contributed by atoms with Gasteiger partial charge in [0.2, 0.25) is 0 Å². The summed E-state index contributed by atoms with van der Waals surface area (Å²) in [6.45, 7) is 9.06. The summed E-state index contributed by atoms with van der Waals surface area (Å²) in [7, 11) is 1.98. The van der Waals surface area contributed by atoms with Crippen molar-refractivity contribution in [3.05, 3.63) is 0 Å². The third-order valence-corrected chi connectivity index (χ3v) is 2.94. The molecule has 0 saturated carbocycles. The fourth-order valence-corrected chi connectivity index (χ4v) is 2.02. The van der Waals surface area contributed by atoms with Crippen LogP contribution in [0.2, 0.25) is 0 Å². The number of hydrogen-bond acceptors (Lipinski definition) is 4. The van der Waals surface area contributed by atoms with E-state index in [9.17, 15) is 4.79 Å². The molecule has 1 fully saturated rings. The number of amides is 1. The zero-order chi connectivity index (χ0) is 13.8. The molecule has 0 atom stereocenters. The molecule has 0 aliphatic carbocycles. The predicted octanol–water partition coefficient (Wildman–Crippen LogP) is 2.32. The number of hydrogen-bond donors (Lipinski definition) is 0. The van der Waals surface area contributed by atoms with Crippen LogP contribution < -0.4 is 0 Å². The minimum absolute atomic E-state index is 0.206. The fourth-order valence-electron chi connectivity index (χ4n) is 2.02. The van der Waals surface area contributed by atoms with Gasteiger partial charge in [-0.25, -0.2) is 4.79 Å². The second-order valence-electron chi connectivity index (χ2n) is 5.65. The summed E-state index contributed by atoms with van der Waals surface area (Å²) >= 11 is 0. The predicted molar refractivity (Wildman–Crippen MR) is 72.8 cm³/mol. The molecule has 5 nitrogen and oxygen atoms in total. The first-order valence-corrected chi connectivity index (χ1v) is 6.53. The molecular weight excluding hydrogens is 230 g/mol. The van der Waals surface area contributed by atoms with Crippen LogP contribution in [0, 0.1) is 0 Å². The van der Waals surface area contributed by atoms with Crippen LogP contribution >= 0.6 is 0 Å². The average molecular weight is 255 g/mol. The summed E-state index contributed by atoms with van der Waals surface area (Å²) in [5.74, 6) is 0. The normalized spacial score (nSPS) is 18.2. The summed E-state index contributed by atoms with van der Waals surface area (Å²) in [5.41, 5.74) is -0.419. The summed E-state index contributed by atoms with van der Waals surface area (Å²) in [6.07, 6.45) is 3.46. The number of hydrazone groups is 1. The highest BCUT2D eigenvalue weighted by Gasteiger charge is 2.27. The topological polar surface area (TPSA) is 45.1 Å². The van der Waals surface area contributed by atoms with Gasteiger partial charge in [0, 0.05) is 26.4 Å². The molecule has 1 rings (SSSR count). The molecule has 104 valence electrons. The Morgan fingerprint density at radius 2 is 1.94 bits per heavy atom. The molecule has 5 heteroatoms. The number of ether oxygens (including phenoxy) is 1. The van der Waals surface area contributed by atoms with Crippen LogP contribution in [0.4, 0.5) is 4.79 Å². The van der Waals surface area contributed by atoms with E-state index in [0.29, 0.717) is 6.04 Å². The molecule has 0 spiro atoms. The lowest BCUT2D eigenvalue weighted by molar-refractivity contribution is 0.0158. The maximum absolute atomic E-state index is 11.9. The first-order chi connectivity index (χ1) is 8.33. The van der Waals surface area contributed by atoms with E-state index in [1.165, 1.54) is 0 Å². The molecule has 1 aliphatic rings. The summed E-state index contributed by atoms with van der Waals surface area (Å²) in [6, 6.07) is 0.417. The summed E-state index contributed by atoms with van der Waals surface area (Å²) < 4.78 is 5.36. The van der Waals surface area contributed by atoms with Gasteiger partial charge in [0.1, 0.15) is 5.60 Å². The molecule has 0 aromatic rings. The highest BCUT2D eigenvalue weighted by Crippen LogP contribution is 2.18. The van der Waals surface area contributed by atoms with Crippen molar-refractivity contribution in [1.82, 2.24) is 9.91 Å². The van der Waals surface area contributed by atoms with Crippen LogP contribution in [0.15, 0.2) is 5.10 Å². The zero-order valence-electron chi connectivity index (χ0n) is 12.1. The summed E-state index contributed by atoms with van der Waals surface area (Å²) in [5, 5.41) is 6.23. The van der Waals surface area contributed by atoms with Crippen molar-refractivity contribution < 1.29 is 9.53 Å². The van der Waals surface area contributed by atoms with Gasteiger partial charge >= 0.3 is 6.09 Å². The van der Waals surface area contributed by atoms with Crippen molar-refractivity contribution in [1.29, 1.82) is 0 Å². The van der Waals surface area contributed by atoms with E-state index in [0.717, 1.165) is 25.9 Å². The quantitative estimate of drug-likeness (QED) is 0.562. The number of carbonyl (C=O) groups is 1. The lowest BCUT2D eigenvalue weighted by Gasteiger charge is -2.36. The third-order valence-electron chi connectivity index (χ3n) is 2.94. The molecule has 0 radical (unpaired) electrons. The van der Waals surface area contributed by atoms with Gasteiger partial charge in [-0.2, -0.15) is 5.10 Å². The Labute approximate surface area is 110 Å². The van der Waals surface area contributed by atoms with Crippen LogP contribution in [0.3, 0.4) is 0 Å². The van der Waals surface area contributed by atoms with Crippen molar-refractivity contribution in [2.75, 3.05) is 20.1 Å². The Balaban J connectivity index is 2.42. The zero-order valence-corrected chi connectivity index (χ0v) is 12.1. The first kappa shape index (κ1) is 14.8. The Morgan fingerprint density at radius 1 is 1.39 bits per heavy atom. The van der Waals surface area contributed by atoms with E-state index in [1.54, 1.807) is 11.1 Å². The smallest absolute Gasteiger partial charge is 0.410 e. The van der Waals surface area contributed by atoms with Gasteiger partial charge < -0.3 is 9.64 Å². The van der Waals surface area contributed by atoms with Gasteiger partial charge in [0.05, 0.1) is 6.04 Å². The van der Waals surface area contributed by atoms with E-state index in [1.807, 2.05) is 39.8 Å². The highest BCUT2D eigenvalue weighted by atomic mass is 16.6. The molecule has 0 N–H and O–H groups in total. The Morgan fingerprint density at radius 3 is 2.39 bits per heavy atom. The molecule has 0 aromatic carbocycles. The number of likely N-dealkylation sites (tertiary alicyclic amines) is 1. The number of piperidine rings is 1. The molecule has 0 bridgehead atoms. The van der Waals surface area contributed by atoms with E-state index in [4.69, 9.17) is 4.74 Å². The van der Waals surface area contributed by atoms with Crippen molar-refractivity contribution in [3.8, 4) is 0 Å². The van der Waals surface area contributed by atoms with Crippen LogP contribution in [0.25, 0.3) is 0 Å². The molecule has 1 heterocycles. The van der Waals surface area contributed by atoms with Gasteiger partial charge in [-0.15, -0.1) is 0 Å². The van der Waals surface area contributed by atoms with E-state index in [2.05, 4.69) is 5.10 Å². The standard InChI is InChI=1S/C13H25N3O2/c1-6-14-15(5)11-7-9-16(10-8-11)12(17)18-13(2,3)4/h6,11H,7-10H2,1-5H3. The maximum atomic E-state index is 11.9. The molecule has 0 aromatic heterocycles. The monoisotopic (exact) mass is 255 g/mol. The van der Waals surface area contributed by atoms with Gasteiger partial charge in [0.15, 0.2) is 0 Å². The van der Waals surface area contributed by atoms with Gasteiger partial charge in [-0.3, -0.25) is 5.01 Å². The number of rotatable bonds is 2. The Hall–Kier alpha value is -1.26. The molecule has 1 saturated heterocycles. The van der Waals surface area contributed by atoms with Crippen LogP contribution in [-0.2, 0) is 4.74 Å². The SMILES string of the molecule is CC=NN(C)C1CCN(C(=O)OC(C)(C)C)CC1. The lowest BCUT2D eigenvalue weighted by atomic mass is 10.1. The Kier molecular flexibility index (Phi) is 4.99. The van der Waals surface area contributed by atoms with E-state index >= 15 is 0 Å². The van der Waals surface area contributed by atoms with Crippen molar-refractivity contribution in [2.45, 2.75) is 52.2 Å². The minimum atomic E-state index is -0.419. The minimum Gasteiger partial charge on any atom is -0.444 e. The fraction of sp³-hybridized carbons (Fsp3) is 0.846. The summed E-state index contributed by atoms with van der Waals surface area (Å²) in [4.78, 5) is 13.7. The van der Waals surface area contributed by atoms with Gasteiger partial charge in [-0.05, 0) is 40.5 Å². The van der Waals surface area contributed by atoms with E-state index in [-0.39, 0.29) is 6.09 Å². The molecule has 0 unspecified atom stereocenters. The number of nitrogens with zero attached hydrogens (tertiary/aromatic N) is 3. The van der Waals surface area contributed by atoms with Gasteiger partial charge in [-0.1, -0.05) is 0 Å². The molecular formula is C13H25N3O2. The van der Waals surface area contributed by atoms with Crippen molar-refractivity contribution in [2.24, 2.45) is 5.10 Å². The maximum Gasteiger partial charge on any atom is 0.410 e. The lowest BCUT2D eigenvalue weighted by Crippen LogP contribution is -2.46. The molecule has 18 heavy (non-hydrogen) atoms. The van der Waals surface area contributed by atoms with Crippen LogP contribution in [0.1, 0.15) is 40.5 Å². The van der Waals surface area contributed by atoms with Crippen LogP contribution in [-0.4, -0.2) is 54.0 Å². The third kappa shape index (κ3) is 4.55. The molecule has 1 aliphatic heterocycles. The van der Waals surface area contributed by atoms with Crippen molar-refractivity contribution >= 4 is 12.3 Å². The largest absolute Gasteiger partial charge is 0.444 e. The second-order valence-corrected chi connectivity index (χ2v) is 5.65. The van der Waals surface area contributed by atoms with Crippen LogP contribution in [0.5, 0.6) is 0 Å².